The highest BCUT2D eigenvalue weighted by Gasteiger charge is 2.34. The normalized spacial score (nSPS) is 11.7. The third-order valence-electron chi connectivity index (χ3n) is 4.95. The minimum Gasteiger partial charge on any atom is -0.494 e. The van der Waals surface area contributed by atoms with E-state index in [0.717, 1.165) is 18.3 Å². The van der Waals surface area contributed by atoms with Crippen molar-refractivity contribution in [1.82, 2.24) is 9.99 Å². The van der Waals surface area contributed by atoms with E-state index in [1.165, 1.54) is 24.3 Å². The second kappa shape index (κ2) is 8.62. The van der Waals surface area contributed by atoms with Crippen LogP contribution in [0.25, 0.3) is 16.5 Å². The lowest BCUT2D eigenvalue weighted by molar-refractivity contribution is -0.137. The zero-order valence-corrected chi connectivity index (χ0v) is 16.9. The maximum Gasteiger partial charge on any atom is 0.418 e. The fourth-order valence-electron chi connectivity index (χ4n) is 3.43. The van der Waals surface area contributed by atoms with Crippen LogP contribution >= 0.6 is 0 Å². The first-order valence-electron chi connectivity index (χ1n) is 9.71. The van der Waals surface area contributed by atoms with Gasteiger partial charge in [0.2, 0.25) is 5.88 Å². The Kier molecular flexibility index (Phi) is 5.70. The van der Waals surface area contributed by atoms with E-state index < -0.39 is 34.8 Å². The van der Waals surface area contributed by atoms with Gasteiger partial charge in [0.1, 0.15) is 0 Å². The number of nitrogens with one attached hydrogen (secondary N) is 1. The molecule has 3 aromatic carbocycles. The third kappa shape index (κ3) is 4.20. The number of rotatable bonds is 4. The highest BCUT2D eigenvalue weighted by Crippen LogP contribution is 2.35. The van der Waals surface area contributed by atoms with Gasteiger partial charge in [0.25, 0.3) is 11.5 Å². The van der Waals surface area contributed by atoms with Crippen molar-refractivity contribution in [2.45, 2.75) is 6.18 Å². The number of carbonyl (C=O) groups excluding carboxylic acids is 1. The molecule has 4 aromatic rings. The molecule has 9 heteroatoms. The van der Waals surface area contributed by atoms with Crippen molar-refractivity contribution in [3.8, 4) is 11.6 Å². The number of hydrazone groups is 1. The summed E-state index contributed by atoms with van der Waals surface area (Å²) in [4.78, 5) is 25.3. The van der Waals surface area contributed by atoms with E-state index in [2.05, 4.69) is 10.5 Å². The molecule has 0 bridgehead atoms. The molecule has 1 aromatic heterocycles. The van der Waals surface area contributed by atoms with Crippen LogP contribution in [0.5, 0.6) is 5.88 Å². The fraction of sp³-hybridized carbons (Fsp3) is 0.0417. The molecule has 2 N–H and O–H groups in total. The molecular weight excluding hydrogens is 435 g/mol. The average molecular weight is 451 g/mol. The zero-order valence-electron chi connectivity index (χ0n) is 16.9. The molecule has 1 amide bonds. The van der Waals surface area contributed by atoms with Crippen LogP contribution in [0.1, 0.15) is 21.5 Å². The van der Waals surface area contributed by atoms with E-state index in [0.29, 0.717) is 10.1 Å². The van der Waals surface area contributed by atoms with Gasteiger partial charge in [-0.1, -0.05) is 48.5 Å². The molecule has 0 aliphatic carbocycles. The summed E-state index contributed by atoms with van der Waals surface area (Å²) in [6.07, 6.45) is -3.67. The molecule has 0 aliphatic rings. The van der Waals surface area contributed by atoms with Crippen LogP contribution in [0.3, 0.4) is 0 Å². The van der Waals surface area contributed by atoms with Crippen molar-refractivity contribution in [1.29, 1.82) is 0 Å². The lowest BCUT2D eigenvalue weighted by Gasteiger charge is -2.18. The summed E-state index contributed by atoms with van der Waals surface area (Å²) in [6.45, 7) is 0. The number of pyridine rings is 1. The van der Waals surface area contributed by atoms with Crippen LogP contribution in [0.2, 0.25) is 0 Å². The van der Waals surface area contributed by atoms with Crippen molar-refractivity contribution in [3.05, 3.63) is 106 Å². The van der Waals surface area contributed by atoms with Crippen LogP contribution in [-0.4, -0.2) is 21.8 Å². The molecule has 6 nitrogen and oxygen atoms in total. The molecule has 0 saturated carbocycles. The summed E-state index contributed by atoms with van der Waals surface area (Å²) in [5, 5.41) is 15.1. The maximum absolute atomic E-state index is 13.6. The molecule has 0 radical (unpaired) electrons. The summed E-state index contributed by atoms with van der Waals surface area (Å²) in [5.41, 5.74) is 0.169. The van der Waals surface area contributed by atoms with Gasteiger partial charge >= 0.3 is 6.18 Å². The number of hydrogen-bond donors (Lipinski definition) is 2. The third-order valence-corrected chi connectivity index (χ3v) is 4.95. The van der Waals surface area contributed by atoms with Crippen LogP contribution in [-0.2, 0) is 6.18 Å². The van der Waals surface area contributed by atoms with E-state index in [1.54, 1.807) is 42.5 Å². The summed E-state index contributed by atoms with van der Waals surface area (Å²) >= 11 is 0. The van der Waals surface area contributed by atoms with Gasteiger partial charge in [-0.05, 0) is 30.3 Å². The number of aromatic nitrogens is 1. The Bertz CT molecular complexity index is 1430. The SMILES string of the molecule is O=C(N/N=C/c1c(O)n(-c2ccccc2C(F)(F)F)c(=O)c2ccccc12)c1ccccc1. The predicted molar refractivity (Wildman–Crippen MR) is 118 cm³/mol. The van der Waals surface area contributed by atoms with Crippen LogP contribution < -0.4 is 11.0 Å². The van der Waals surface area contributed by atoms with E-state index in [4.69, 9.17) is 0 Å². The first-order valence-corrected chi connectivity index (χ1v) is 9.71. The number of halogens is 3. The Morgan fingerprint density at radius 1 is 0.909 bits per heavy atom. The topological polar surface area (TPSA) is 83.7 Å². The first-order chi connectivity index (χ1) is 15.8. The largest absolute Gasteiger partial charge is 0.494 e. The Hall–Kier alpha value is -4.40. The van der Waals surface area contributed by atoms with E-state index in [1.807, 2.05) is 0 Å². The van der Waals surface area contributed by atoms with E-state index in [9.17, 15) is 27.9 Å². The lowest BCUT2D eigenvalue weighted by Crippen LogP contribution is -2.23. The molecule has 4 rings (SSSR count). The highest BCUT2D eigenvalue weighted by atomic mass is 19.4. The number of fused-ring (bicyclic) bond motifs is 1. The van der Waals surface area contributed by atoms with Crippen LogP contribution in [0, 0.1) is 0 Å². The molecule has 0 unspecified atom stereocenters. The van der Waals surface area contributed by atoms with E-state index in [-0.39, 0.29) is 16.3 Å². The summed E-state index contributed by atoms with van der Waals surface area (Å²) in [6, 6.07) is 18.8. The quantitative estimate of drug-likeness (QED) is 0.355. The maximum atomic E-state index is 13.6. The molecule has 0 atom stereocenters. The van der Waals surface area contributed by atoms with Gasteiger partial charge in [-0.2, -0.15) is 18.3 Å². The number of alkyl halides is 3. The minimum atomic E-state index is -4.76. The second-order valence-corrected chi connectivity index (χ2v) is 7.00. The molecular formula is C24H16F3N3O3. The molecule has 166 valence electrons. The molecule has 0 saturated heterocycles. The van der Waals surface area contributed by atoms with Gasteiger partial charge in [-0.3, -0.25) is 9.59 Å². The highest BCUT2D eigenvalue weighted by molar-refractivity contribution is 6.02. The van der Waals surface area contributed by atoms with Crippen molar-refractivity contribution < 1.29 is 23.1 Å². The molecule has 1 heterocycles. The van der Waals surface area contributed by atoms with Crippen molar-refractivity contribution in [2.24, 2.45) is 5.10 Å². The predicted octanol–water partition coefficient (Wildman–Crippen LogP) is 4.48. The Balaban J connectivity index is 1.87. The van der Waals surface area contributed by atoms with Gasteiger partial charge in [-0.25, -0.2) is 9.99 Å². The number of amides is 1. The molecule has 33 heavy (non-hydrogen) atoms. The zero-order chi connectivity index (χ0) is 23.6. The number of aromatic hydroxyl groups is 1. The first kappa shape index (κ1) is 21.8. The van der Waals surface area contributed by atoms with E-state index >= 15 is 0 Å². The number of para-hydroxylation sites is 1. The van der Waals surface area contributed by atoms with Crippen molar-refractivity contribution in [3.63, 3.8) is 0 Å². The Morgan fingerprint density at radius 3 is 2.21 bits per heavy atom. The van der Waals surface area contributed by atoms with Crippen LogP contribution in [0.4, 0.5) is 13.2 Å². The number of benzene rings is 3. The fourth-order valence-corrected chi connectivity index (χ4v) is 3.43. The van der Waals surface area contributed by atoms with Gasteiger partial charge in [0.05, 0.1) is 23.0 Å². The second-order valence-electron chi connectivity index (χ2n) is 7.00. The number of carbonyl (C=O) groups is 1. The average Bonchev–Trinajstić information content (AvgIpc) is 2.81. The summed E-state index contributed by atoms with van der Waals surface area (Å²) < 4.78 is 41.4. The smallest absolute Gasteiger partial charge is 0.418 e. The molecule has 0 spiro atoms. The Labute approximate surface area is 185 Å². The number of nitrogens with zero attached hydrogens (tertiary/aromatic N) is 2. The van der Waals surface area contributed by atoms with Gasteiger partial charge in [0.15, 0.2) is 0 Å². The lowest BCUT2D eigenvalue weighted by atomic mass is 10.1. The number of hydrogen-bond acceptors (Lipinski definition) is 4. The molecule has 0 aliphatic heterocycles. The van der Waals surface area contributed by atoms with Gasteiger partial charge in [0, 0.05) is 16.3 Å². The summed E-state index contributed by atoms with van der Waals surface area (Å²) in [5.74, 6) is -1.26. The molecule has 0 fully saturated rings. The standard InChI is InChI=1S/C24H16F3N3O3/c25-24(26,27)19-12-6-7-13-20(19)30-22(32)17-11-5-4-10-16(17)18(23(30)33)14-28-29-21(31)15-8-2-1-3-9-15/h1-14,33H,(H,29,31)/b28-14+. The summed E-state index contributed by atoms with van der Waals surface area (Å²) in [7, 11) is 0. The van der Waals surface area contributed by atoms with Crippen molar-refractivity contribution >= 4 is 22.9 Å². The van der Waals surface area contributed by atoms with Gasteiger partial charge in [-0.15, -0.1) is 0 Å². The van der Waals surface area contributed by atoms with Crippen molar-refractivity contribution in [2.75, 3.05) is 0 Å². The monoisotopic (exact) mass is 451 g/mol. The van der Waals surface area contributed by atoms with Gasteiger partial charge < -0.3 is 5.11 Å². The Morgan fingerprint density at radius 2 is 1.52 bits per heavy atom. The minimum absolute atomic E-state index is 0.0319. The van der Waals surface area contributed by atoms with Crippen LogP contribution in [0.15, 0.2) is 88.8 Å².